The van der Waals surface area contributed by atoms with Crippen LogP contribution in [0.1, 0.15) is 31.0 Å². The van der Waals surface area contributed by atoms with E-state index in [0.29, 0.717) is 0 Å². The largest absolute Gasteiger partial charge is 0.463 e. The second kappa shape index (κ2) is 7.98. The van der Waals surface area contributed by atoms with Crippen molar-refractivity contribution in [3.05, 3.63) is 59.1 Å². The minimum Gasteiger partial charge on any atom is -0.463 e. The summed E-state index contributed by atoms with van der Waals surface area (Å²) in [5, 5.41) is 2.85. The predicted molar refractivity (Wildman–Crippen MR) is 95.7 cm³/mol. The topological polar surface area (TPSA) is 82.4 Å². The summed E-state index contributed by atoms with van der Waals surface area (Å²) in [7, 11) is 0. The number of imidazole rings is 1. The Morgan fingerprint density at radius 1 is 1.24 bits per heavy atom. The zero-order valence-electron chi connectivity index (χ0n) is 15.6. The quantitative estimate of drug-likeness (QED) is 0.764. The summed E-state index contributed by atoms with van der Waals surface area (Å²) >= 11 is 0. The van der Waals surface area contributed by atoms with E-state index < -0.39 is 29.7 Å². The lowest BCUT2D eigenvalue weighted by molar-refractivity contribution is -0.142. The van der Waals surface area contributed by atoms with Crippen molar-refractivity contribution >= 4 is 17.9 Å². The molecule has 1 aromatic carbocycles. The number of alkyl halides is 3. The first-order chi connectivity index (χ1) is 13.7. The average molecular weight is 409 g/mol. The lowest BCUT2D eigenvalue weighted by Crippen LogP contribution is -2.32. The highest BCUT2D eigenvalue weighted by Gasteiger charge is 2.41. The monoisotopic (exact) mass is 409 g/mol. The average Bonchev–Trinajstić information content (AvgIpc) is 3.12. The third-order valence-corrected chi connectivity index (χ3v) is 4.28. The Bertz CT molecular complexity index is 966. The molecule has 7 nitrogen and oxygen atoms in total. The maximum atomic E-state index is 13.7. The standard InChI is InChI=1S/C19H18F3N3O4/c1-3-28-17(27)15-14(10-29-11(2)26)24-18-23-8-9-25(18)16(15)12-6-4-5-7-13(12)19(20,21)22/h4-9,16H,3,10H2,1-2H3,(H,23,24). The maximum absolute atomic E-state index is 13.7. The Morgan fingerprint density at radius 3 is 2.62 bits per heavy atom. The third-order valence-electron chi connectivity index (χ3n) is 4.28. The minimum atomic E-state index is -4.64. The molecule has 1 aromatic heterocycles. The Balaban J connectivity index is 2.24. The number of nitrogens with zero attached hydrogens (tertiary/aromatic N) is 2. The molecule has 154 valence electrons. The van der Waals surface area contributed by atoms with Crippen molar-refractivity contribution < 1.29 is 32.2 Å². The predicted octanol–water partition coefficient (Wildman–Crippen LogP) is 3.30. The van der Waals surface area contributed by atoms with Gasteiger partial charge in [0.1, 0.15) is 6.61 Å². The number of halogens is 3. The number of fused-ring (bicyclic) bond motifs is 1. The van der Waals surface area contributed by atoms with Crippen LogP contribution < -0.4 is 5.32 Å². The fourth-order valence-electron chi connectivity index (χ4n) is 3.15. The molecule has 0 amide bonds. The van der Waals surface area contributed by atoms with Crippen LogP contribution >= 0.6 is 0 Å². The third kappa shape index (κ3) is 4.10. The van der Waals surface area contributed by atoms with Gasteiger partial charge in [-0.1, -0.05) is 18.2 Å². The van der Waals surface area contributed by atoms with Gasteiger partial charge in [0.05, 0.1) is 29.5 Å². The van der Waals surface area contributed by atoms with Crippen molar-refractivity contribution in [1.29, 1.82) is 0 Å². The molecule has 1 unspecified atom stereocenters. The minimum absolute atomic E-state index is 0.0214. The van der Waals surface area contributed by atoms with Crippen LogP contribution in [0.5, 0.6) is 0 Å². The van der Waals surface area contributed by atoms with Gasteiger partial charge in [-0.3, -0.25) is 4.79 Å². The van der Waals surface area contributed by atoms with Gasteiger partial charge >= 0.3 is 18.1 Å². The molecule has 1 aliphatic rings. The van der Waals surface area contributed by atoms with Gasteiger partial charge in [0.15, 0.2) is 0 Å². The molecule has 0 aliphatic carbocycles. The fraction of sp³-hybridized carbons (Fsp3) is 0.316. The number of nitrogens with one attached hydrogen (secondary N) is 1. The highest BCUT2D eigenvalue weighted by atomic mass is 19.4. The van der Waals surface area contributed by atoms with Gasteiger partial charge < -0.3 is 19.4 Å². The van der Waals surface area contributed by atoms with Gasteiger partial charge in [0.2, 0.25) is 5.95 Å². The van der Waals surface area contributed by atoms with E-state index in [1.807, 2.05) is 0 Å². The first-order valence-electron chi connectivity index (χ1n) is 8.73. The van der Waals surface area contributed by atoms with Crippen molar-refractivity contribution in [3.63, 3.8) is 0 Å². The summed E-state index contributed by atoms with van der Waals surface area (Å²) in [6, 6.07) is 3.80. The van der Waals surface area contributed by atoms with Gasteiger partial charge in [-0.05, 0) is 18.6 Å². The zero-order valence-corrected chi connectivity index (χ0v) is 15.6. The smallest absolute Gasteiger partial charge is 0.416 e. The van der Waals surface area contributed by atoms with Crippen molar-refractivity contribution in [1.82, 2.24) is 9.55 Å². The zero-order chi connectivity index (χ0) is 21.2. The van der Waals surface area contributed by atoms with E-state index in [9.17, 15) is 22.8 Å². The Hall–Kier alpha value is -3.30. The van der Waals surface area contributed by atoms with Crippen LogP contribution in [0.15, 0.2) is 47.9 Å². The van der Waals surface area contributed by atoms with Crippen LogP contribution in [0, 0.1) is 0 Å². The number of anilines is 1. The van der Waals surface area contributed by atoms with Crippen LogP contribution in [0.25, 0.3) is 0 Å². The second-order valence-corrected chi connectivity index (χ2v) is 6.16. The van der Waals surface area contributed by atoms with Crippen LogP contribution in [0.4, 0.5) is 19.1 Å². The number of ether oxygens (including phenoxy) is 2. The number of carbonyl (C=O) groups is 2. The summed E-state index contributed by atoms with van der Waals surface area (Å²) in [4.78, 5) is 28.1. The molecule has 29 heavy (non-hydrogen) atoms. The molecule has 0 radical (unpaired) electrons. The van der Waals surface area contributed by atoms with Gasteiger partial charge in [-0.25, -0.2) is 9.78 Å². The van der Waals surface area contributed by atoms with Crippen LogP contribution in [-0.2, 0) is 25.2 Å². The first-order valence-corrected chi connectivity index (χ1v) is 8.73. The van der Waals surface area contributed by atoms with E-state index in [1.54, 1.807) is 6.92 Å². The summed E-state index contributed by atoms with van der Waals surface area (Å²) in [6.07, 6.45) is -1.79. The first kappa shape index (κ1) is 20.4. The van der Waals surface area contributed by atoms with E-state index in [0.717, 1.165) is 6.07 Å². The van der Waals surface area contributed by atoms with Crippen LogP contribution in [0.3, 0.4) is 0 Å². The number of carbonyl (C=O) groups excluding carboxylic acids is 2. The van der Waals surface area contributed by atoms with Gasteiger partial charge in [0, 0.05) is 19.3 Å². The molecule has 0 fully saturated rings. The number of hydrogen-bond donors (Lipinski definition) is 1. The molecule has 3 rings (SSSR count). The van der Waals surface area contributed by atoms with E-state index in [-0.39, 0.29) is 36.0 Å². The van der Waals surface area contributed by atoms with E-state index in [2.05, 4.69) is 10.3 Å². The number of rotatable bonds is 5. The van der Waals surface area contributed by atoms with Gasteiger partial charge in [-0.15, -0.1) is 0 Å². The molecule has 1 atom stereocenters. The normalized spacial score (nSPS) is 16.1. The molecule has 1 N–H and O–H groups in total. The molecule has 2 heterocycles. The van der Waals surface area contributed by atoms with Crippen LogP contribution in [0.2, 0.25) is 0 Å². The Labute approximate surface area is 164 Å². The summed E-state index contributed by atoms with van der Waals surface area (Å²) in [5.74, 6) is -1.21. The molecule has 10 heteroatoms. The highest BCUT2D eigenvalue weighted by molar-refractivity contribution is 5.93. The lowest BCUT2D eigenvalue weighted by Gasteiger charge is -2.31. The molecular weight excluding hydrogens is 391 g/mol. The number of aromatic nitrogens is 2. The van der Waals surface area contributed by atoms with Gasteiger partial charge in [-0.2, -0.15) is 13.2 Å². The lowest BCUT2D eigenvalue weighted by atomic mass is 9.91. The van der Waals surface area contributed by atoms with Crippen LogP contribution in [-0.4, -0.2) is 34.7 Å². The van der Waals surface area contributed by atoms with Crippen molar-refractivity contribution in [2.45, 2.75) is 26.1 Å². The molecule has 0 saturated heterocycles. The highest BCUT2D eigenvalue weighted by Crippen LogP contribution is 2.42. The molecular formula is C19H18F3N3O4. The van der Waals surface area contributed by atoms with E-state index in [1.165, 1.54) is 42.1 Å². The summed E-state index contributed by atoms with van der Waals surface area (Å²) < 4.78 is 52.6. The fourth-order valence-corrected chi connectivity index (χ4v) is 3.15. The van der Waals surface area contributed by atoms with Crippen molar-refractivity contribution in [3.8, 4) is 0 Å². The molecule has 2 aromatic rings. The number of hydrogen-bond acceptors (Lipinski definition) is 6. The summed E-state index contributed by atoms with van der Waals surface area (Å²) in [6.45, 7) is 2.45. The van der Waals surface area contributed by atoms with Crippen molar-refractivity contribution in [2.75, 3.05) is 18.5 Å². The molecule has 0 bridgehead atoms. The molecule has 0 saturated carbocycles. The SMILES string of the molecule is CCOC(=O)C1=C(COC(C)=O)Nc2nccn2C1c1ccccc1C(F)(F)F. The second-order valence-electron chi connectivity index (χ2n) is 6.16. The number of esters is 2. The molecule has 1 aliphatic heterocycles. The van der Waals surface area contributed by atoms with E-state index in [4.69, 9.17) is 9.47 Å². The molecule has 0 spiro atoms. The van der Waals surface area contributed by atoms with Crippen molar-refractivity contribution in [2.24, 2.45) is 0 Å². The number of benzene rings is 1. The maximum Gasteiger partial charge on any atom is 0.416 e. The Morgan fingerprint density at radius 2 is 1.97 bits per heavy atom. The van der Waals surface area contributed by atoms with E-state index >= 15 is 0 Å². The summed E-state index contributed by atoms with van der Waals surface area (Å²) in [5.41, 5.74) is -1.01. The Kier molecular flexibility index (Phi) is 5.62. The van der Waals surface area contributed by atoms with Gasteiger partial charge in [0.25, 0.3) is 0 Å².